The average molecular weight is 422 g/mol. The second-order valence-electron chi connectivity index (χ2n) is 5.78. The molecule has 1 aliphatic carbocycles. The van der Waals surface area contributed by atoms with Crippen molar-refractivity contribution >= 4 is 41.3 Å². The Morgan fingerprint density at radius 1 is 1.52 bits per heavy atom. The molecule has 1 saturated carbocycles. The van der Waals surface area contributed by atoms with Gasteiger partial charge in [0.25, 0.3) is 0 Å². The van der Waals surface area contributed by atoms with E-state index in [1.54, 1.807) is 11.3 Å². The van der Waals surface area contributed by atoms with E-state index in [4.69, 9.17) is 0 Å². The molecule has 0 saturated heterocycles. The Kier molecular flexibility index (Phi) is 7.94. The summed E-state index contributed by atoms with van der Waals surface area (Å²) in [5.74, 6) is 2.24. The number of guanidine groups is 1. The van der Waals surface area contributed by atoms with Gasteiger partial charge in [0, 0.05) is 18.5 Å². The van der Waals surface area contributed by atoms with E-state index in [0.29, 0.717) is 12.0 Å². The van der Waals surface area contributed by atoms with Crippen molar-refractivity contribution < 1.29 is 0 Å². The Bertz CT molecular complexity index is 458. The van der Waals surface area contributed by atoms with Crippen LogP contribution in [0, 0.1) is 5.92 Å². The molecule has 0 aromatic carbocycles. The fraction of sp³-hybridized carbons (Fsp3) is 0.733. The van der Waals surface area contributed by atoms with Crippen molar-refractivity contribution in [1.82, 2.24) is 15.6 Å². The molecule has 4 nitrogen and oxygen atoms in total. The van der Waals surface area contributed by atoms with Gasteiger partial charge in [-0.05, 0) is 24.7 Å². The predicted molar refractivity (Wildman–Crippen MR) is 102 cm³/mol. The third kappa shape index (κ3) is 5.73. The maximum atomic E-state index is 4.63. The van der Waals surface area contributed by atoms with Gasteiger partial charge in [0.1, 0.15) is 5.01 Å². The zero-order valence-electron chi connectivity index (χ0n) is 13.3. The van der Waals surface area contributed by atoms with Crippen molar-refractivity contribution in [2.24, 2.45) is 10.9 Å². The summed E-state index contributed by atoms with van der Waals surface area (Å²) in [5.41, 5.74) is 1.18. The van der Waals surface area contributed by atoms with Crippen LogP contribution in [0.5, 0.6) is 0 Å². The lowest BCUT2D eigenvalue weighted by molar-refractivity contribution is 0.655. The van der Waals surface area contributed by atoms with Crippen LogP contribution in [0.15, 0.2) is 10.4 Å². The molecule has 1 aromatic rings. The maximum absolute atomic E-state index is 4.63. The molecule has 0 aliphatic heterocycles. The van der Waals surface area contributed by atoms with E-state index in [-0.39, 0.29) is 24.0 Å². The van der Waals surface area contributed by atoms with Gasteiger partial charge >= 0.3 is 0 Å². The highest BCUT2D eigenvalue weighted by atomic mass is 127. The second kappa shape index (κ2) is 8.92. The minimum absolute atomic E-state index is 0. The van der Waals surface area contributed by atoms with E-state index < -0.39 is 0 Å². The van der Waals surface area contributed by atoms with Gasteiger partial charge in [0.2, 0.25) is 0 Å². The van der Waals surface area contributed by atoms with Crippen LogP contribution in [0.2, 0.25) is 0 Å². The van der Waals surface area contributed by atoms with Gasteiger partial charge in [-0.2, -0.15) is 0 Å². The van der Waals surface area contributed by atoms with E-state index in [1.165, 1.54) is 25.0 Å². The highest BCUT2D eigenvalue weighted by Crippen LogP contribution is 2.34. The van der Waals surface area contributed by atoms with Crippen LogP contribution in [0.25, 0.3) is 0 Å². The SMILES string of the molecule is CCCC1CC1NC(=NC)NCc1nc(C(C)C)cs1.I. The first-order valence-electron chi connectivity index (χ1n) is 7.55. The number of aliphatic imine (C=N–C) groups is 1. The molecule has 0 bridgehead atoms. The normalized spacial score (nSPS) is 21.1. The van der Waals surface area contributed by atoms with Crippen molar-refractivity contribution in [2.45, 2.75) is 58.5 Å². The monoisotopic (exact) mass is 422 g/mol. The molecule has 0 radical (unpaired) electrons. The summed E-state index contributed by atoms with van der Waals surface area (Å²) in [6, 6.07) is 0.615. The fourth-order valence-electron chi connectivity index (χ4n) is 2.32. The van der Waals surface area contributed by atoms with Crippen molar-refractivity contribution in [1.29, 1.82) is 0 Å². The van der Waals surface area contributed by atoms with Gasteiger partial charge in [0.05, 0.1) is 12.2 Å². The third-order valence-electron chi connectivity index (χ3n) is 3.70. The molecule has 120 valence electrons. The first-order chi connectivity index (χ1) is 9.63. The zero-order valence-corrected chi connectivity index (χ0v) is 16.5. The van der Waals surface area contributed by atoms with Crippen LogP contribution in [-0.4, -0.2) is 24.0 Å². The molecule has 1 fully saturated rings. The van der Waals surface area contributed by atoms with E-state index >= 15 is 0 Å². The van der Waals surface area contributed by atoms with Gasteiger partial charge in [-0.1, -0.05) is 27.2 Å². The van der Waals surface area contributed by atoms with Crippen molar-refractivity contribution in [3.05, 3.63) is 16.1 Å². The Labute approximate surface area is 149 Å². The number of nitrogens with zero attached hydrogens (tertiary/aromatic N) is 2. The lowest BCUT2D eigenvalue weighted by atomic mass is 10.2. The molecule has 2 N–H and O–H groups in total. The van der Waals surface area contributed by atoms with Crippen molar-refractivity contribution in [3.63, 3.8) is 0 Å². The fourth-order valence-corrected chi connectivity index (χ4v) is 3.21. The Hall–Kier alpha value is -0.370. The van der Waals surface area contributed by atoms with E-state index in [1.807, 2.05) is 7.05 Å². The minimum atomic E-state index is 0. The molecule has 2 rings (SSSR count). The molecule has 1 heterocycles. The Balaban J connectivity index is 0.00000220. The number of hydrogen-bond donors (Lipinski definition) is 2. The number of hydrogen-bond acceptors (Lipinski definition) is 3. The second-order valence-corrected chi connectivity index (χ2v) is 6.72. The molecule has 2 atom stereocenters. The zero-order chi connectivity index (χ0) is 14.5. The van der Waals surface area contributed by atoms with Crippen LogP contribution in [0.4, 0.5) is 0 Å². The predicted octanol–water partition coefficient (Wildman–Crippen LogP) is 3.74. The number of aromatic nitrogens is 1. The molecule has 0 amide bonds. The summed E-state index contributed by atoms with van der Waals surface area (Å²) < 4.78 is 0. The third-order valence-corrected chi connectivity index (χ3v) is 4.56. The van der Waals surface area contributed by atoms with Crippen LogP contribution in [0.3, 0.4) is 0 Å². The minimum Gasteiger partial charge on any atom is -0.353 e. The summed E-state index contributed by atoms with van der Waals surface area (Å²) in [6.45, 7) is 7.35. The largest absolute Gasteiger partial charge is 0.353 e. The van der Waals surface area contributed by atoms with E-state index in [2.05, 4.69) is 46.8 Å². The van der Waals surface area contributed by atoms with Gasteiger partial charge in [-0.25, -0.2) is 4.98 Å². The van der Waals surface area contributed by atoms with Gasteiger partial charge < -0.3 is 10.6 Å². The highest BCUT2D eigenvalue weighted by Gasteiger charge is 2.36. The lowest BCUT2D eigenvalue weighted by Crippen LogP contribution is -2.38. The first kappa shape index (κ1) is 18.7. The first-order valence-corrected chi connectivity index (χ1v) is 8.43. The quantitative estimate of drug-likeness (QED) is 0.417. The molecule has 1 aliphatic rings. The van der Waals surface area contributed by atoms with Crippen LogP contribution < -0.4 is 10.6 Å². The Morgan fingerprint density at radius 2 is 2.29 bits per heavy atom. The Morgan fingerprint density at radius 3 is 2.86 bits per heavy atom. The topological polar surface area (TPSA) is 49.3 Å². The number of rotatable bonds is 6. The standard InChI is InChI=1S/C15H26N4S.HI/c1-5-6-11-7-12(11)19-15(16-4)17-8-14-18-13(9-20-14)10(2)3;/h9-12H,5-8H2,1-4H3,(H2,16,17,19);1H. The molecular formula is C15H27IN4S. The lowest BCUT2D eigenvalue weighted by Gasteiger charge is -2.10. The van der Waals surface area contributed by atoms with Crippen LogP contribution in [0.1, 0.15) is 56.7 Å². The smallest absolute Gasteiger partial charge is 0.191 e. The summed E-state index contributed by atoms with van der Waals surface area (Å²) in [5, 5.41) is 10.1. The summed E-state index contributed by atoms with van der Waals surface area (Å²) >= 11 is 1.72. The number of thiazole rings is 1. The molecule has 6 heteroatoms. The highest BCUT2D eigenvalue weighted by molar-refractivity contribution is 14.0. The molecule has 2 unspecified atom stereocenters. The average Bonchev–Trinajstić information content (AvgIpc) is 2.97. The van der Waals surface area contributed by atoms with Gasteiger partial charge in [-0.15, -0.1) is 35.3 Å². The van der Waals surface area contributed by atoms with Crippen molar-refractivity contribution in [2.75, 3.05) is 7.05 Å². The molecule has 21 heavy (non-hydrogen) atoms. The summed E-state index contributed by atoms with van der Waals surface area (Å²) in [7, 11) is 1.83. The number of nitrogens with one attached hydrogen (secondary N) is 2. The van der Waals surface area contributed by atoms with Gasteiger partial charge in [0.15, 0.2) is 5.96 Å². The summed E-state index contributed by atoms with van der Waals surface area (Å²) in [6.07, 6.45) is 3.87. The molecule has 0 spiro atoms. The molecular weight excluding hydrogens is 395 g/mol. The van der Waals surface area contributed by atoms with Crippen LogP contribution in [-0.2, 0) is 6.54 Å². The van der Waals surface area contributed by atoms with E-state index in [9.17, 15) is 0 Å². The number of halogens is 1. The van der Waals surface area contributed by atoms with Crippen molar-refractivity contribution in [3.8, 4) is 0 Å². The van der Waals surface area contributed by atoms with E-state index in [0.717, 1.165) is 23.4 Å². The molecule has 1 aromatic heterocycles. The van der Waals surface area contributed by atoms with Crippen LogP contribution >= 0.6 is 35.3 Å². The maximum Gasteiger partial charge on any atom is 0.191 e. The summed E-state index contributed by atoms with van der Waals surface area (Å²) in [4.78, 5) is 8.92. The van der Waals surface area contributed by atoms with Gasteiger partial charge in [-0.3, -0.25) is 4.99 Å².